The Morgan fingerprint density at radius 1 is 1.30 bits per heavy atom. The number of hydrogen-bond donors (Lipinski definition) is 2. The lowest BCUT2D eigenvalue weighted by atomic mass is 10.0. The Bertz CT molecular complexity index is 649. The lowest BCUT2D eigenvalue weighted by Crippen LogP contribution is -2.31. The van der Waals surface area contributed by atoms with Crippen LogP contribution in [0.5, 0.6) is 0 Å². The Kier molecular flexibility index (Phi) is 4.74. The molecule has 5 heteroatoms. The van der Waals surface area contributed by atoms with Gasteiger partial charge in [0.15, 0.2) is 5.43 Å². The van der Waals surface area contributed by atoms with Crippen LogP contribution in [0.3, 0.4) is 0 Å². The average Bonchev–Trinajstić information content (AvgIpc) is 2.46. The van der Waals surface area contributed by atoms with Crippen molar-refractivity contribution in [2.24, 2.45) is 0 Å². The van der Waals surface area contributed by atoms with Gasteiger partial charge in [-0.25, -0.2) is 0 Å². The molecule has 2 N–H and O–H groups in total. The molecule has 1 aromatic carbocycles. The summed E-state index contributed by atoms with van der Waals surface area (Å²) in [6.45, 7) is 1.99. The van der Waals surface area contributed by atoms with Crippen LogP contribution in [0.15, 0.2) is 52.0 Å². The summed E-state index contributed by atoms with van der Waals surface area (Å²) >= 11 is 3.38. The van der Waals surface area contributed by atoms with Crippen LogP contribution in [-0.4, -0.2) is 10.9 Å². The molecule has 1 aromatic heterocycles. The zero-order chi connectivity index (χ0) is 14.5. The number of rotatable bonds is 4. The third-order valence-corrected chi connectivity index (χ3v) is 3.58. The minimum absolute atomic E-state index is 0.116. The van der Waals surface area contributed by atoms with Crippen LogP contribution >= 0.6 is 15.9 Å². The third-order valence-electron chi connectivity index (χ3n) is 3.05. The van der Waals surface area contributed by atoms with Crippen molar-refractivity contribution in [2.45, 2.75) is 19.4 Å². The number of carbonyl (C=O) groups is 1. The first-order chi connectivity index (χ1) is 9.61. The van der Waals surface area contributed by atoms with Gasteiger partial charge in [-0.1, -0.05) is 35.0 Å². The van der Waals surface area contributed by atoms with E-state index in [4.69, 9.17) is 0 Å². The van der Waals surface area contributed by atoms with Gasteiger partial charge >= 0.3 is 0 Å². The largest absolute Gasteiger partial charge is 0.367 e. The number of H-pyrrole nitrogens is 1. The van der Waals surface area contributed by atoms with Gasteiger partial charge in [0.2, 0.25) is 0 Å². The first-order valence-electron chi connectivity index (χ1n) is 6.35. The quantitative estimate of drug-likeness (QED) is 0.902. The van der Waals surface area contributed by atoms with E-state index in [1.807, 2.05) is 31.2 Å². The molecule has 0 radical (unpaired) electrons. The van der Waals surface area contributed by atoms with E-state index in [0.29, 0.717) is 0 Å². The number of nitrogens with one attached hydrogen (secondary N) is 2. The maximum atomic E-state index is 12.1. The second kappa shape index (κ2) is 6.52. The first kappa shape index (κ1) is 14.5. The van der Waals surface area contributed by atoms with Crippen LogP contribution < -0.4 is 10.7 Å². The Hall–Kier alpha value is -1.88. The van der Waals surface area contributed by atoms with E-state index in [9.17, 15) is 9.59 Å². The van der Waals surface area contributed by atoms with Crippen molar-refractivity contribution in [1.29, 1.82) is 0 Å². The highest BCUT2D eigenvalue weighted by molar-refractivity contribution is 9.10. The lowest BCUT2D eigenvalue weighted by molar-refractivity contribution is 0.0934. The highest BCUT2D eigenvalue weighted by atomic mass is 79.9. The summed E-state index contributed by atoms with van der Waals surface area (Å²) in [6, 6.07) is 8.99. The topological polar surface area (TPSA) is 62.0 Å². The number of hydrogen-bond acceptors (Lipinski definition) is 2. The van der Waals surface area contributed by atoms with E-state index >= 15 is 0 Å². The summed E-state index contributed by atoms with van der Waals surface area (Å²) < 4.78 is 0.988. The fraction of sp³-hybridized carbons (Fsp3) is 0.200. The van der Waals surface area contributed by atoms with Crippen LogP contribution in [0.4, 0.5) is 0 Å². The molecule has 0 aliphatic carbocycles. The molecular weight excluding hydrogens is 320 g/mol. The molecule has 2 rings (SSSR count). The molecule has 104 valence electrons. The van der Waals surface area contributed by atoms with Crippen molar-refractivity contribution in [2.75, 3.05) is 0 Å². The van der Waals surface area contributed by atoms with Crippen molar-refractivity contribution in [3.8, 4) is 0 Å². The SMILES string of the molecule is CCC(NC(=O)c1c[nH]ccc1=O)c1ccc(Br)cc1. The van der Waals surface area contributed by atoms with E-state index in [2.05, 4.69) is 26.2 Å². The van der Waals surface area contributed by atoms with Crippen molar-refractivity contribution >= 4 is 21.8 Å². The van der Waals surface area contributed by atoms with Gasteiger partial charge in [0.05, 0.1) is 6.04 Å². The predicted molar refractivity (Wildman–Crippen MR) is 81.7 cm³/mol. The molecule has 0 spiro atoms. The third kappa shape index (κ3) is 3.36. The monoisotopic (exact) mass is 334 g/mol. The van der Waals surface area contributed by atoms with E-state index in [1.54, 1.807) is 0 Å². The molecule has 0 bridgehead atoms. The molecule has 1 heterocycles. The molecule has 2 aromatic rings. The second-order valence-corrected chi connectivity index (χ2v) is 5.32. The van der Waals surface area contributed by atoms with E-state index in [-0.39, 0.29) is 22.9 Å². The summed E-state index contributed by atoms with van der Waals surface area (Å²) in [5.74, 6) is -0.360. The zero-order valence-corrected chi connectivity index (χ0v) is 12.6. The number of halogens is 1. The maximum Gasteiger partial charge on any atom is 0.257 e. The maximum absolute atomic E-state index is 12.1. The second-order valence-electron chi connectivity index (χ2n) is 4.41. The smallest absolute Gasteiger partial charge is 0.257 e. The molecule has 20 heavy (non-hydrogen) atoms. The van der Waals surface area contributed by atoms with Gasteiger partial charge in [-0.15, -0.1) is 0 Å². The zero-order valence-electron chi connectivity index (χ0n) is 11.0. The molecule has 0 saturated heterocycles. The standard InChI is InChI=1S/C15H15BrN2O2/c1-2-13(10-3-5-11(16)6-4-10)18-15(20)12-9-17-8-7-14(12)19/h3-9,13H,2H2,1H3,(H,17,19)(H,18,20). The Morgan fingerprint density at radius 2 is 2.00 bits per heavy atom. The van der Waals surface area contributed by atoms with Gasteiger partial charge in [0.25, 0.3) is 5.91 Å². The Labute approximate surface area is 125 Å². The molecule has 1 atom stereocenters. The van der Waals surface area contributed by atoms with Gasteiger partial charge in [0.1, 0.15) is 5.56 Å². The number of benzene rings is 1. The molecule has 1 amide bonds. The summed E-state index contributed by atoms with van der Waals surface area (Å²) in [7, 11) is 0. The highest BCUT2D eigenvalue weighted by Crippen LogP contribution is 2.19. The average molecular weight is 335 g/mol. The fourth-order valence-electron chi connectivity index (χ4n) is 1.95. The van der Waals surface area contributed by atoms with Gasteiger partial charge in [-0.2, -0.15) is 0 Å². The van der Waals surface area contributed by atoms with Gasteiger partial charge < -0.3 is 10.3 Å². The van der Waals surface area contributed by atoms with Crippen LogP contribution in [-0.2, 0) is 0 Å². The van der Waals surface area contributed by atoms with E-state index in [1.165, 1.54) is 18.5 Å². The minimum atomic E-state index is -0.360. The summed E-state index contributed by atoms with van der Waals surface area (Å²) in [4.78, 5) is 26.5. The Balaban J connectivity index is 2.18. The number of pyridine rings is 1. The fourth-order valence-corrected chi connectivity index (χ4v) is 2.21. The number of amides is 1. The van der Waals surface area contributed by atoms with E-state index in [0.717, 1.165) is 16.5 Å². The van der Waals surface area contributed by atoms with Gasteiger partial charge in [-0.3, -0.25) is 9.59 Å². The van der Waals surface area contributed by atoms with Gasteiger partial charge in [-0.05, 0) is 24.1 Å². The predicted octanol–water partition coefficient (Wildman–Crippen LogP) is 3.02. The number of aromatic amines is 1. The first-order valence-corrected chi connectivity index (χ1v) is 7.14. The number of carbonyl (C=O) groups excluding carboxylic acids is 1. The number of aromatic nitrogens is 1. The molecule has 0 fully saturated rings. The Morgan fingerprint density at radius 3 is 2.60 bits per heavy atom. The molecular formula is C15H15BrN2O2. The van der Waals surface area contributed by atoms with E-state index < -0.39 is 0 Å². The highest BCUT2D eigenvalue weighted by Gasteiger charge is 2.15. The van der Waals surface area contributed by atoms with Crippen molar-refractivity contribution < 1.29 is 4.79 Å². The summed E-state index contributed by atoms with van der Waals surface area (Å²) in [5.41, 5.74) is 0.853. The van der Waals surface area contributed by atoms with Crippen LogP contribution in [0.25, 0.3) is 0 Å². The minimum Gasteiger partial charge on any atom is -0.367 e. The summed E-state index contributed by atoms with van der Waals surface area (Å²) in [5, 5.41) is 2.89. The molecule has 0 saturated carbocycles. The van der Waals surface area contributed by atoms with Crippen molar-refractivity contribution in [1.82, 2.24) is 10.3 Å². The van der Waals surface area contributed by atoms with Crippen LogP contribution in [0, 0.1) is 0 Å². The molecule has 0 aliphatic heterocycles. The van der Waals surface area contributed by atoms with Gasteiger partial charge in [0, 0.05) is 22.9 Å². The molecule has 1 unspecified atom stereocenters. The van der Waals surface area contributed by atoms with Crippen molar-refractivity contribution in [3.63, 3.8) is 0 Å². The van der Waals surface area contributed by atoms with Crippen LogP contribution in [0.2, 0.25) is 0 Å². The summed E-state index contributed by atoms with van der Waals surface area (Å²) in [6.07, 6.45) is 3.68. The molecule has 0 aliphatic rings. The molecule has 4 nitrogen and oxygen atoms in total. The van der Waals surface area contributed by atoms with Crippen molar-refractivity contribution in [3.05, 3.63) is 68.5 Å². The lowest BCUT2D eigenvalue weighted by Gasteiger charge is -2.17. The van der Waals surface area contributed by atoms with Crippen LogP contribution in [0.1, 0.15) is 35.3 Å². The normalized spacial score (nSPS) is 11.9.